The summed E-state index contributed by atoms with van der Waals surface area (Å²) in [5.41, 5.74) is -0.410. The summed E-state index contributed by atoms with van der Waals surface area (Å²) in [4.78, 5) is 23.6. The zero-order valence-corrected chi connectivity index (χ0v) is 14.1. The smallest absolute Gasteiger partial charge is 0.308 e. The molecule has 1 aliphatic rings. The van der Waals surface area contributed by atoms with E-state index in [0.29, 0.717) is 24.9 Å². The minimum Gasteiger partial charge on any atom is -0.466 e. The first kappa shape index (κ1) is 18.0. The van der Waals surface area contributed by atoms with Crippen molar-refractivity contribution in [3.63, 3.8) is 0 Å². The van der Waals surface area contributed by atoms with Gasteiger partial charge in [0.05, 0.1) is 12.5 Å². The Kier molecular flexibility index (Phi) is 6.69. The Morgan fingerprint density at radius 2 is 1.71 bits per heavy atom. The molecule has 122 valence electrons. The van der Waals surface area contributed by atoms with Crippen LogP contribution in [0.15, 0.2) is 0 Å². The fraction of sp³-hybridized carbons (Fsp3) is 0.882. The third-order valence-electron chi connectivity index (χ3n) is 4.13. The molecule has 0 aromatic rings. The maximum Gasteiger partial charge on any atom is 0.308 e. The van der Waals surface area contributed by atoms with Gasteiger partial charge in [0, 0.05) is 6.42 Å². The highest BCUT2D eigenvalue weighted by atomic mass is 16.6. The van der Waals surface area contributed by atoms with Crippen LogP contribution in [-0.4, -0.2) is 24.1 Å². The van der Waals surface area contributed by atoms with Crippen LogP contribution >= 0.6 is 0 Å². The predicted molar refractivity (Wildman–Crippen MR) is 81.7 cm³/mol. The molecular formula is C17H30O4. The average Bonchev–Trinajstić information content (AvgIpc) is 2.36. The fourth-order valence-corrected chi connectivity index (χ4v) is 2.98. The van der Waals surface area contributed by atoms with Gasteiger partial charge in [-0.05, 0) is 65.2 Å². The fourth-order valence-electron chi connectivity index (χ4n) is 2.98. The number of ether oxygens (including phenoxy) is 2. The molecule has 1 atom stereocenters. The Hall–Kier alpha value is -1.06. The van der Waals surface area contributed by atoms with E-state index >= 15 is 0 Å². The van der Waals surface area contributed by atoms with E-state index in [4.69, 9.17) is 9.47 Å². The summed E-state index contributed by atoms with van der Waals surface area (Å²) in [5.74, 6) is 0.550. The molecule has 1 aliphatic carbocycles. The van der Waals surface area contributed by atoms with E-state index in [-0.39, 0.29) is 17.9 Å². The average molecular weight is 298 g/mol. The normalized spacial score (nSPS) is 24.2. The number of carbonyl (C=O) groups is 2. The van der Waals surface area contributed by atoms with Gasteiger partial charge in [0.1, 0.15) is 5.60 Å². The van der Waals surface area contributed by atoms with Crippen LogP contribution in [-0.2, 0) is 19.1 Å². The SMILES string of the molecule is CCOC(=O)C(C)C1CCC(CC(=O)OC(C)(C)C)CC1. The molecule has 0 saturated heterocycles. The van der Waals surface area contributed by atoms with Crippen molar-refractivity contribution in [1.82, 2.24) is 0 Å². The number of hydrogen-bond donors (Lipinski definition) is 0. The van der Waals surface area contributed by atoms with Gasteiger partial charge < -0.3 is 9.47 Å². The highest BCUT2D eigenvalue weighted by Gasteiger charge is 2.31. The lowest BCUT2D eigenvalue weighted by Crippen LogP contribution is -2.29. The summed E-state index contributed by atoms with van der Waals surface area (Å²) in [6, 6.07) is 0. The molecule has 0 aromatic heterocycles. The van der Waals surface area contributed by atoms with Gasteiger partial charge >= 0.3 is 11.9 Å². The van der Waals surface area contributed by atoms with Crippen molar-refractivity contribution in [3.8, 4) is 0 Å². The van der Waals surface area contributed by atoms with Crippen LogP contribution < -0.4 is 0 Å². The van der Waals surface area contributed by atoms with E-state index in [1.807, 2.05) is 34.6 Å². The lowest BCUT2D eigenvalue weighted by Gasteiger charge is -2.31. The Morgan fingerprint density at radius 3 is 2.19 bits per heavy atom. The number of esters is 2. The van der Waals surface area contributed by atoms with Gasteiger partial charge in [-0.25, -0.2) is 0 Å². The second-order valence-corrected chi connectivity index (χ2v) is 7.11. The zero-order valence-electron chi connectivity index (χ0n) is 14.1. The summed E-state index contributed by atoms with van der Waals surface area (Å²) >= 11 is 0. The highest BCUT2D eigenvalue weighted by molar-refractivity contribution is 5.72. The Morgan fingerprint density at radius 1 is 1.14 bits per heavy atom. The quantitative estimate of drug-likeness (QED) is 0.726. The number of rotatable bonds is 5. The monoisotopic (exact) mass is 298 g/mol. The van der Waals surface area contributed by atoms with Crippen LogP contribution in [0, 0.1) is 17.8 Å². The standard InChI is InChI=1S/C17H30O4/c1-6-20-16(19)12(2)14-9-7-13(8-10-14)11-15(18)21-17(3,4)5/h12-14H,6-11H2,1-5H3. The van der Waals surface area contributed by atoms with E-state index in [1.165, 1.54) is 0 Å². The van der Waals surface area contributed by atoms with E-state index in [0.717, 1.165) is 25.7 Å². The molecule has 0 amide bonds. The lowest BCUT2D eigenvalue weighted by atomic mass is 9.75. The van der Waals surface area contributed by atoms with Crippen LogP contribution in [0.2, 0.25) is 0 Å². The Labute approximate surface area is 128 Å². The van der Waals surface area contributed by atoms with Gasteiger partial charge in [-0.15, -0.1) is 0 Å². The molecule has 4 nitrogen and oxygen atoms in total. The molecule has 0 bridgehead atoms. The summed E-state index contributed by atoms with van der Waals surface area (Å²) < 4.78 is 10.5. The third kappa shape index (κ3) is 6.49. The Bertz CT molecular complexity index is 348. The van der Waals surface area contributed by atoms with Gasteiger partial charge in [-0.2, -0.15) is 0 Å². The molecule has 1 fully saturated rings. The summed E-state index contributed by atoms with van der Waals surface area (Å²) in [6.45, 7) is 9.91. The molecule has 1 saturated carbocycles. The Balaban J connectivity index is 2.35. The molecule has 0 aromatic carbocycles. The zero-order chi connectivity index (χ0) is 16.0. The van der Waals surface area contributed by atoms with Crippen molar-refractivity contribution in [3.05, 3.63) is 0 Å². The van der Waals surface area contributed by atoms with Crippen molar-refractivity contribution >= 4 is 11.9 Å². The van der Waals surface area contributed by atoms with Crippen molar-refractivity contribution in [1.29, 1.82) is 0 Å². The van der Waals surface area contributed by atoms with Crippen LogP contribution in [0.3, 0.4) is 0 Å². The third-order valence-corrected chi connectivity index (χ3v) is 4.13. The molecular weight excluding hydrogens is 268 g/mol. The maximum atomic E-state index is 11.8. The predicted octanol–water partition coefficient (Wildman–Crippen LogP) is 3.72. The first-order valence-corrected chi connectivity index (χ1v) is 8.11. The van der Waals surface area contributed by atoms with Crippen LogP contribution in [0.5, 0.6) is 0 Å². The molecule has 1 unspecified atom stereocenters. The highest BCUT2D eigenvalue weighted by Crippen LogP contribution is 2.35. The molecule has 0 N–H and O–H groups in total. The minimum absolute atomic E-state index is 0.0348. The van der Waals surface area contributed by atoms with Crippen LogP contribution in [0.4, 0.5) is 0 Å². The van der Waals surface area contributed by atoms with E-state index in [1.54, 1.807) is 0 Å². The van der Waals surface area contributed by atoms with E-state index < -0.39 is 5.60 Å². The van der Waals surface area contributed by atoms with Crippen molar-refractivity contribution in [2.24, 2.45) is 17.8 Å². The molecule has 4 heteroatoms. The van der Waals surface area contributed by atoms with Gasteiger partial charge in [-0.3, -0.25) is 9.59 Å². The maximum absolute atomic E-state index is 11.8. The van der Waals surface area contributed by atoms with Crippen LogP contribution in [0.1, 0.15) is 66.7 Å². The summed E-state index contributed by atoms with van der Waals surface area (Å²) in [5, 5.41) is 0. The van der Waals surface area contributed by atoms with Gasteiger partial charge in [0.2, 0.25) is 0 Å². The molecule has 0 spiro atoms. The van der Waals surface area contributed by atoms with Crippen molar-refractivity contribution < 1.29 is 19.1 Å². The number of hydrogen-bond acceptors (Lipinski definition) is 4. The molecule has 21 heavy (non-hydrogen) atoms. The first-order valence-electron chi connectivity index (χ1n) is 8.11. The lowest BCUT2D eigenvalue weighted by molar-refractivity contribution is -0.157. The molecule has 1 rings (SSSR count). The van der Waals surface area contributed by atoms with Crippen molar-refractivity contribution in [2.45, 2.75) is 72.3 Å². The van der Waals surface area contributed by atoms with Gasteiger partial charge in [0.15, 0.2) is 0 Å². The largest absolute Gasteiger partial charge is 0.466 e. The summed E-state index contributed by atoms with van der Waals surface area (Å²) in [6.07, 6.45) is 4.47. The second kappa shape index (κ2) is 7.81. The molecule has 0 heterocycles. The topological polar surface area (TPSA) is 52.6 Å². The van der Waals surface area contributed by atoms with Crippen molar-refractivity contribution in [2.75, 3.05) is 6.61 Å². The van der Waals surface area contributed by atoms with Gasteiger partial charge in [0.25, 0.3) is 0 Å². The first-order chi connectivity index (χ1) is 9.73. The van der Waals surface area contributed by atoms with Crippen LogP contribution in [0.25, 0.3) is 0 Å². The van der Waals surface area contributed by atoms with E-state index in [9.17, 15) is 9.59 Å². The van der Waals surface area contributed by atoms with Gasteiger partial charge in [-0.1, -0.05) is 6.92 Å². The van der Waals surface area contributed by atoms with E-state index in [2.05, 4.69) is 0 Å². The molecule has 0 aliphatic heterocycles. The second-order valence-electron chi connectivity index (χ2n) is 7.11. The number of carbonyl (C=O) groups excluding carboxylic acids is 2. The summed E-state index contributed by atoms with van der Waals surface area (Å²) in [7, 11) is 0. The molecule has 0 radical (unpaired) electrons. The minimum atomic E-state index is -0.410.